The number of rotatable bonds is 10. The normalized spacial score (nSPS) is 14.1. The summed E-state index contributed by atoms with van der Waals surface area (Å²) in [4.78, 5) is 27.6. The van der Waals surface area contributed by atoms with Crippen LogP contribution in [0.1, 0.15) is 39.9 Å². The van der Waals surface area contributed by atoms with Crippen LogP contribution in [0.15, 0.2) is 66.7 Å². The van der Waals surface area contributed by atoms with Gasteiger partial charge in [0.15, 0.2) is 0 Å². The molecule has 0 saturated carbocycles. The van der Waals surface area contributed by atoms with Crippen molar-refractivity contribution in [2.45, 2.75) is 38.8 Å². The predicted molar refractivity (Wildman–Crippen MR) is 161 cm³/mol. The molecule has 4 aromatic rings. The van der Waals surface area contributed by atoms with E-state index in [-0.39, 0.29) is 12.0 Å². The molecule has 1 aliphatic rings. The molecule has 7 nitrogen and oxygen atoms in total. The second-order valence-electron chi connectivity index (χ2n) is 10.6. The maximum Gasteiger partial charge on any atom is 0.326 e. The molecule has 1 atom stereocenters. The molecule has 2 N–H and O–H groups in total. The number of carbonyl (C=O) groups excluding carboxylic acids is 1. The van der Waals surface area contributed by atoms with Crippen LogP contribution in [0, 0.1) is 12.7 Å². The molecule has 1 heterocycles. The van der Waals surface area contributed by atoms with Crippen LogP contribution >= 0.6 is 0 Å². The summed E-state index contributed by atoms with van der Waals surface area (Å²) in [7, 11) is 3.30. The number of halogens is 1. The van der Waals surface area contributed by atoms with Gasteiger partial charge in [-0.2, -0.15) is 0 Å². The summed E-state index contributed by atoms with van der Waals surface area (Å²) in [6, 6.07) is 18.6. The number of hydrogen-bond acceptors (Lipinski definition) is 5. The van der Waals surface area contributed by atoms with E-state index in [2.05, 4.69) is 10.2 Å². The molecule has 218 valence electrons. The largest absolute Gasteiger partial charge is 0.496 e. The number of ether oxygens (including phenoxy) is 2. The SMILES string of the molecule is COc1ccc(CN2CCCC2)c(OC)c1-c1cccc2c(C[C@H](NC(=O)c3c(C)cccc3F)C(=O)O)cccc12. The van der Waals surface area contributed by atoms with Crippen molar-refractivity contribution >= 4 is 22.6 Å². The number of carboxylic acid groups (broad SMARTS) is 1. The van der Waals surface area contributed by atoms with Crippen LogP contribution in [0.25, 0.3) is 21.9 Å². The highest BCUT2D eigenvalue weighted by Crippen LogP contribution is 2.44. The van der Waals surface area contributed by atoms with Crippen molar-refractivity contribution in [3.05, 3.63) is 94.8 Å². The summed E-state index contributed by atoms with van der Waals surface area (Å²) in [6.45, 7) is 4.50. The lowest BCUT2D eigenvalue weighted by molar-refractivity contribution is -0.139. The number of fused-ring (bicyclic) bond motifs is 1. The van der Waals surface area contributed by atoms with E-state index in [1.165, 1.54) is 25.0 Å². The van der Waals surface area contributed by atoms with E-state index in [0.717, 1.165) is 58.4 Å². The zero-order valence-corrected chi connectivity index (χ0v) is 24.1. The van der Waals surface area contributed by atoms with Gasteiger partial charge in [0, 0.05) is 18.5 Å². The summed E-state index contributed by atoms with van der Waals surface area (Å²) >= 11 is 0. The molecule has 1 amide bonds. The van der Waals surface area contributed by atoms with Gasteiger partial charge >= 0.3 is 5.97 Å². The van der Waals surface area contributed by atoms with Crippen LogP contribution in [0.2, 0.25) is 0 Å². The van der Waals surface area contributed by atoms with E-state index < -0.39 is 23.7 Å². The molecule has 42 heavy (non-hydrogen) atoms. The van der Waals surface area contributed by atoms with E-state index in [4.69, 9.17) is 9.47 Å². The molecule has 8 heteroatoms. The minimum Gasteiger partial charge on any atom is -0.496 e. The monoisotopic (exact) mass is 570 g/mol. The molecule has 0 bridgehead atoms. The van der Waals surface area contributed by atoms with Crippen LogP contribution in [0.5, 0.6) is 11.5 Å². The quantitative estimate of drug-likeness (QED) is 0.244. The Labute approximate surface area is 244 Å². The molecule has 0 unspecified atom stereocenters. The Morgan fingerprint density at radius 1 is 0.929 bits per heavy atom. The van der Waals surface area contributed by atoms with Gasteiger partial charge in [-0.3, -0.25) is 9.69 Å². The Hall–Kier alpha value is -4.43. The van der Waals surface area contributed by atoms with Crippen molar-refractivity contribution < 1.29 is 28.6 Å². The zero-order valence-electron chi connectivity index (χ0n) is 24.1. The number of methoxy groups -OCH3 is 2. The Morgan fingerprint density at radius 2 is 1.64 bits per heavy atom. The number of aliphatic carboxylic acids is 1. The minimum absolute atomic E-state index is 0.0125. The second-order valence-corrected chi connectivity index (χ2v) is 10.6. The molecule has 5 rings (SSSR count). The average molecular weight is 571 g/mol. The van der Waals surface area contributed by atoms with E-state index >= 15 is 0 Å². The predicted octanol–water partition coefficient (Wildman–Crippen LogP) is 5.99. The fourth-order valence-electron chi connectivity index (χ4n) is 5.91. The number of benzene rings is 4. The molecular formula is C34H35FN2O5. The third-order valence-electron chi connectivity index (χ3n) is 7.98. The summed E-state index contributed by atoms with van der Waals surface area (Å²) in [5.41, 5.74) is 3.80. The lowest BCUT2D eigenvalue weighted by atomic mass is 9.91. The Balaban J connectivity index is 1.54. The van der Waals surface area contributed by atoms with Crippen molar-refractivity contribution in [2.24, 2.45) is 0 Å². The fourth-order valence-corrected chi connectivity index (χ4v) is 5.91. The highest BCUT2D eigenvalue weighted by atomic mass is 19.1. The Morgan fingerprint density at radius 3 is 2.33 bits per heavy atom. The van der Waals surface area contributed by atoms with E-state index in [1.807, 2.05) is 48.5 Å². The number of nitrogens with zero attached hydrogens (tertiary/aromatic N) is 1. The third-order valence-corrected chi connectivity index (χ3v) is 7.98. The number of likely N-dealkylation sites (tertiary alicyclic amines) is 1. The molecule has 1 fully saturated rings. The van der Waals surface area contributed by atoms with Gasteiger partial charge in [0.05, 0.1) is 25.3 Å². The number of hydrogen-bond donors (Lipinski definition) is 2. The zero-order chi connectivity index (χ0) is 29.8. The maximum absolute atomic E-state index is 14.4. The number of aryl methyl sites for hydroxylation is 1. The molecule has 4 aromatic carbocycles. The number of amides is 1. The van der Waals surface area contributed by atoms with E-state index in [0.29, 0.717) is 11.3 Å². The first-order valence-corrected chi connectivity index (χ1v) is 14.1. The van der Waals surface area contributed by atoms with Gasteiger partial charge in [-0.25, -0.2) is 9.18 Å². The van der Waals surface area contributed by atoms with Crippen LogP contribution in [-0.4, -0.2) is 55.2 Å². The van der Waals surface area contributed by atoms with Gasteiger partial charge in [0.2, 0.25) is 0 Å². The van der Waals surface area contributed by atoms with Crippen LogP contribution in [-0.2, 0) is 17.8 Å². The van der Waals surface area contributed by atoms with Gasteiger partial charge < -0.3 is 19.9 Å². The molecule has 1 aliphatic heterocycles. The molecule has 0 aliphatic carbocycles. The van der Waals surface area contributed by atoms with Crippen LogP contribution in [0.3, 0.4) is 0 Å². The van der Waals surface area contributed by atoms with E-state index in [9.17, 15) is 19.1 Å². The molecular weight excluding hydrogens is 535 g/mol. The first-order chi connectivity index (χ1) is 20.3. The number of carboxylic acids is 1. The molecule has 0 spiro atoms. The third kappa shape index (κ3) is 5.81. The maximum atomic E-state index is 14.4. The summed E-state index contributed by atoms with van der Waals surface area (Å²) in [5.74, 6) is -1.24. The molecule has 0 aromatic heterocycles. The molecule has 1 saturated heterocycles. The van der Waals surface area contributed by atoms with Crippen molar-refractivity contribution in [1.82, 2.24) is 10.2 Å². The Kier molecular flexibility index (Phi) is 8.73. The van der Waals surface area contributed by atoms with Crippen LogP contribution < -0.4 is 14.8 Å². The van der Waals surface area contributed by atoms with Crippen molar-refractivity contribution in [2.75, 3.05) is 27.3 Å². The average Bonchev–Trinajstić information content (AvgIpc) is 3.49. The van der Waals surface area contributed by atoms with Crippen molar-refractivity contribution in [3.8, 4) is 22.6 Å². The summed E-state index contributed by atoms with van der Waals surface area (Å²) in [6.07, 6.45) is 2.39. The number of nitrogens with one attached hydrogen (secondary N) is 1. The first-order valence-electron chi connectivity index (χ1n) is 14.1. The molecule has 0 radical (unpaired) electrons. The van der Waals surface area contributed by atoms with Gasteiger partial charge in [-0.1, -0.05) is 54.6 Å². The minimum atomic E-state index is -1.27. The smallest absolute Gasteiger partial charge is 0.326 e. The summed E-state index contributed by atoms with van der Waals surface area (Å²) in [5, 5.41) is 14.3. The van der Waals surface area contributed by atoms with E-state index in [1.54, 1.807) is 27.2 Å². The second kappa shape index (κ2) is 12.6. The summed E-state index contributed by atoms with van der Waals surface area (Å²) < 4.78 is 26.2. The fraction of sp³-hybridized carbons (Fsp3) is 0.294. The van der Waals surface area contributed by atoms with Crippen molar-refractivity contribution in [3.63, 3.8) is 0 Å². The van der Waals surface area contributed by atoms with Crippen molar-refractivity contribution in [1.29, 1.82) is 0 Å². The topological polar surface area (TPSA) is 88.1 Å². The lowest BCUT2D eigenvalue weighted by Crippen LogP contribution is -2.42. The highest BCUT2D eigenvalue weighted by Gasteiger charge is 2.26. The lowest BCUT2D eigenvalue weighted by Gasteiger charge is -2.22. The number of carbonyl (C=O) groups is 2. The first kappa shape index (κ1) is 29.1. The standard InChI is InChI=1S/C34H35FN2O5/c1-21-9-6-14-27(35)30(21)33(38)36-28(34(39)40)19-22-10-7-12-25-24(22)11-8-13-26(25)31-29(41-2)16-15-23(32(31)42-3)20-37-17-4-5-18-37/h6-16,28H,4-5,17-20H2,1-3H3,(H,36,38)(H,39,40)/t28-/m0/s1. The van der Waals surface area contributed by atoms with Gasteiger partial charge in [0.1, 0.15) is 23.4 Å². The van der Waals surface area contributed by atoms with Gasteiger partial charge in [0.25, 0.3) is 5.91 Å². The van der Waals surface area contributed by atoms with Gasteiger partial charge in [-0.05, 0) is 72.5 Å². The highest BCUT2D eigenvalue weighted by molar-refractivity contribution is 6.02. The van der Waals surface area contributed by atoms with Crippen LogP contribution in [0.4, 0.5) is 4.39 Å². The Bertz CT molecular complexity index is 1610. The van der Waals surface area contributed by atoms with Gasteiger partial charge in [-0.15, -0.1) is 0 Å².